The van der Waals surface area contributed by atoms with E-state index in [1.165, 1.54) is 23.5 Å². The van der Waals surface area contributed by atoms with Crippen LogP contribution < -0.4 is 10.1 Å². The highest BCUT2D eigenvalue weighted by atomic mass is 35.5. The Morgan fingerprint density at radius 2 is 1.79 bits per heavy atom. The van der Waals surface area contributed by atoms with Crippen LogP contribution in [0.1, 0.15) is 36.0 Å². The highest BCUT2D eigenvalue weighted by molar-refractivity contribution is 7.89. The summed E-state index contributed by atoms with van der Waals surface area (Å²) >= 11 is 6.00. The Bertz CT molecular complexity index is 954. The fraction of sp³-hybridized carbons (Fsp3) is 0.350. The summed E-state index contributed by atoms with van der Waals surface area (Å²) < 4.78 is 32.7. The molecular weight excluding hydrogens is 400 g/mol. The quantitative estimate of drug-likeness (QED) is 0.784. The molecule has 0 atom stereocenters. The molecule has 0 spiro atoms. The van der Waals surface area contributed by atoms with E-state index in [-0.39, 0.29) is 10.5 Å². The molecule has 0 unspecified atom stereocenters. The minimum atomic E-state index is -3.63. The molecule has 0 aliphatic carbocycles. The van der Waals surface area contributed by atoms with Crippen molar-refractivity contribution in [3.8, 4) is 5.75 Å². The number of hydrogen-bond donors (Lipinski definition) is 1. The first kappa shape index (κ1) is 20.6. The largest absolute Gasteiger partial charge is 0.495 e. The van der Waals surface area contributed by atoms with Crippen molar-refractivity contribution >= 4 is 33.2 Å². The molecule has 1 heterocycles. The molecule has 1 amide bonds. The normalized spacial score (nSPS) is 15.6. The summed E-state index contributed by atoms with van der Waals surface area (Å²) in [6.07, 6.45) is 3.79. The van der Waals surface area contributed by atoms with Crippen LogP contribution in [0.2, 0.25) is 5.02 Å². The molecule has 0 aromatic heterocycles. The lowest BCUT2D eigenvalue weighted by Gasteiger charge is -2.20. The number of amides is 1. The van der Waals surface area contributed by atoms with Gasteiger partial charge in [-0.3, -0.25) is 4.79 Å². The summed E-state index contributed by atoms with van der Waals surface area (Å²) in [4.78, 5) is 12.8. The van der Waals surface area contributed by atoms with Crippen LogP contribution in [0.5, 0.6) is 5.75 Å². The van der Waals surface area contributed by atoms with E-state index in [1.807, 2.05) is 0 Å². The summed E-state index contributed by atoms with van der Waals surface area (Å²) in [7, 11) is -2.13. The number of nitrogens with zero attached hydrogens (tertiary/aromatic N) is 1. The summed E-state index contributed by atoms with van der Waals surface area (Å²) in [5, 5.41) is 3.18. The van der Waals surface area contributed by atoms with Gasteiger partial charge in [-0.15, -0.1) is 0 Å². The maximum absolute atomic E-state index is 13.0. The first-order valence-electron chi connectivity index (χ1n) is 9.17. The van der Waals surface area contributed by atoms with Gasteiger partial charge in [-0.2, -0.15) is 4.31 Å². The molecule has 0 bridgehead atoms. The number of anilines is 1. The van der Waals surface area contributed by atoms with E-state index in [1.54, 1.807) is 30.3 Å². The minimum absolute atomic E-state index is 0.125. The van der Waals surface area contributed by atoms with E-state index < -0.39 is 15.9 Å². The summed E-state index contributed by atoms with van der Waals surface area (Å²) in [5.74, 6) is 0.0274. The molecule has 1 fully saturated rings. The average Bonchev–Trinajstić information content (AvgIpc) is 2.98. The maximum Gasteiger partial charge on any atom is 0.255 e. The standard InChI is InChI=1S/C20H23ClN2O4S/c1-27-19-10-9-16(21)14-18(19)22-20(24)15-7-6-8-17(13-15)28(25,26)23-11-4-2-3-5-12-23/h6-10,13-14H,2-5,11-12H2,1H3,(H,22,24). The monoisotopic (exact) mass is 422 g/mol. The van der Waals surface area contributed by atoms with Crippen molar-refractivity contribution in [2.45, 2.75) is 30.6 Å². The SMILES string of the molecule is COc1ccc(Cl)cc1NC(=O)c1cccc(S(=O)(=O)N2CCCCCC2)c1. The number of ether oxygens (including phenoxy) is 1. The molecule has 8 heteroatoms. The number of sulfonamides is 1. The van der Waals surface area contributed by atoms with E-state index in [2.05, 4.69) is 5.32 Å². The fourth-order valence-electron chi connectivity index (χ4n) is 3.20. The lowest BCUT2D eigenvalue weighted by atomic mass is 10.2. The molecule has 1 N–H and O–H groups in total. The van der Waals surface area contributed by atoms with Crippen LogP contribution >= 0.6 is 11.6 Å². The van der Waals surface area contributed by atoms with Gasteiger partial charge < -0.3 is 10.1 Å². The van der Waals surface area contributed by atoms with E-state index in [0.717, 1.165) is 25.7 Å². The molecule has 3 rings (SSSR count). The van der Waals surface area contributed by atoms with E-state index in [0.29, 0.717) is 29.5 Å². The van der Waals surface area contributed by atoms with Crippen LogP contribution in [0.25, 0.3) is 0 Å². The van der Waals surface area contributed by atoms with E-state index >= 15 is 0 Å². The molecule has 0 radical (unpaired) electrons. The number of carbonyl (C=O) groups excluding carboxylic acids is 1. The number of methoxy groups -OCH3 is 1. The van der Waals surface area contributed by atoms with E-state index in [9.17, 15) is 13.2 Å². The minimum Gasteiger partial charge on any atom is -0.495 e. The third-order valence-electron chi connectivity index (χ3n) is 4.71. The molecular formula is C20H23ClN2O4S. The first-order valence-corrected chi connectivity index (χ1v) is 11.0. The summed E-state index contributed by atoms with van der Waals surface area (Å²) in [6.45, 7) is 1.02. The van der Waals surface area contributed by atoms with Gasteiger partial charge in [-0.25, -0.2) is 8.42 Å². The second-order valence-corrected chi connectivity index (χ2v) is 9.02. The van der Waals surface area contributed by atoms with Crippen LogP contribution in [-0.4, -0.2) is 38.8 Å². The van der Waals surface area contributed by atoms with Crippen molar-refractivity contribution in [2.24, 2.45) is 0 Å². The van der Waals surface area contributed by atoms with Crippen molar-refractivity contribution in [3.05, 3.63) is 53.1 Å². The van der Waals surface area contributed by atoms with Crippen LogP contribution in [0.3, 0.4) is 0 Å². The van der Waals surface area contributed by atoms with E-state index in [4.69, 9.17) is 16.3 Å². The lowest BCUT2D eigenvalue weighted by molar-refractivity contribution is 0.102. The van der Waals surface area contributed by atoms with Gasteiger partial charge in [0.25, 0.3) is 5.91 Å². The average molecular weight is 423 g/mol. The predicted molar refractivity (Wildman–Crippen MR) is 110 cm³/mol. The van der Waals surface area contributed by atoms with Crippen LogP contribution in [0, 0.1) is 0 Å². The highest BCUT2D eigenvalue weighted by Gasteiger charge is 2.26. The number of benzene rings is 2. The molecule has 6 nitrogen and oxygen atoms in total. The topological polar surface area (TPSA) is 75.7 Å². The zero-order valence-corrected chi connectivity index (χ0v) is 17.2. The molecule has 1 aliphatic heterocycles. The molecule has 1 saturated heterocycles. The predicted octanol–water partition coefficient (Wildman–Crippen LogP) is 4.17. The number of nitrogens with one attached hydrogen (secondary N) is 1. The molecule has 28 heavy (non-hydrogen) atoms. The van der Waals surface area contributed by atoms with Gasteiger partial charge in [0.05, 0.1) is 17.7 Å². The Morgan fingerprint density at radius 3 is 2.46 bits per heavy atom. The van der Waals surface area contributed by atoms with Gasteiger partial charge in [-0.1, -0.05) is 30.5 Å². The Balaban J connectivity index is 1.84. The summed E-state index contributed by atoms with van der Waals surface area (Å²) in [6, 6.07) is 11.0. The molecule has 2 aromatic carbocycles. The third kappa shape index (κ3) is 4.66. The van der Waals surface area contributed by atoms with Crippen molar-refractivity contribution in [1.29, 1.82) is 0 Å². The molecule has 1 aliphatic rings. The summed E-state index contributed by atoms with van der Waals surface area (Å²) in [5.41, 5.74) is 0.665. The number of halogens is 1. The van der Waals surface area contributed by atoms with Gasteiger partial charge in [0.15, 0.2) is 0 Å². The smallest absolute Gasteiger partial charge is 0.255 e. The number of rotatable bonds is 5. The van der Waals surface area contributed by atoms with Crippen molar-refractivity contribution in [1.82, 2.24) is 4.31 Å². The second-order valence-electron chi connectivity index (χ2n) is 6.64. The van der Waals surface area contributed by atoms with Crippen molar-refractivity contribution in [2.75, 3.05) is 25.5 Å². The number of carbonyl (C=O) groups is 1. The van der Waals surface area contributed by atoms with Gasteiger partial charge in [0, 0.05) is 23.7 Å². The second kappa shape index (κ2) is 8.94. The van der Waals surface area contributed by atoms with Crippen molar-refractivity contribution < 1.29 is 17.9 Å². The third-order valence-corrected chi connectivity index (χ3v) is 6.84. The lowest BCUT2D eigenvalue weighted by Crippen LogP contribution is -2.32. The fourth-order valence-corrected chi connectivity index (χ4v) is 4.94. The molecule has 150 valence electrons. The Hall–Kier alpha value is -2.09. The van der Waals surface area contributed by atoms with Crippen molar-refractivity contribution in [3.63, 3.8) is 0 Å². The Kier molecular flexibility index (Phi) is 6.59. The van der Waals surface area contributed by atoms with Gasteiger partial charge in [0.2, 0.25) is 10.0 Å². The van der Waals surface area contributed by atoms with Gasteiger partial charge >= 0.3 is 0 Å². The highest BCUT2D eigenvalue weighted by Crippen LogP contribution is 2.28. The Morgan fingerprint density at radius 1 is 1.07 bits per heavy atom. The first-order chi connectivity index (χ1) is 13.4. The molecule has 2 aromatic rings. The molecule has 0 saturated carbocycles. The van der Waals surface area contributed by atoms with Gasteiger partial charge in [0.1, 0.15) is 5.75 Å². The Labute approximate surface area is 170 Å². The maximum atomic E-state index is 13.0. The van der Waals surface area contributed by atoms with Crippen LogP contribution in [0.15, 0.2) is 47.4 Å². The zero-order valence-electron chi connectivity index (χ0n) is 15.7. The van der Waals surface area contributed by atoms with Crippen LogP contribution in [0.4, 0.5) is 5.69 Å². The number of hydrogen-bond acceptors (Lipinski definition) is 4. The van der Waals surface area contributed by atoms with Crippen LogP contribution in [-0.2, 0) is 10.0 Å². The van der Waals surface area contributed by atoms with Gasteiger partial charge in [-0.05, 0) is 49.2 Å². The zero-order chi connectivity index (χ0) is 20.1.